The van der Waals surface area contributed by atoms with Crippen LogP contribution in [0, 0.1) is 6.92 Å². The van der Waals surface area contributed by atoms with E-state index in [1.807, 2.05) is 49.4 Å². The van der Waals surface area contributed by atoms with Gasteiger partial charge in [0.2, 0.25) is 5.60 Å². The zero-order chi connectivity index (χ0) is 17.8. The van der Waals surface area contributed by atoms with Crippen molar-refractivity contribution in [2.45, 2.75) is 25.2 Å². The van der Waals surface area contributed by atoms with Crippen molar-refractivity contribution in [3.05, 3.63) is 101 Å². The molecule has 0 spiro atoms. The Kier molecular flexibility index (Phi) is 3.05. The number of rotatable bonds is 2. The lowest BCUT2D eigenvalue weighted by Crippen LogP contribution is -2.46. The second kappa shape index (κ2) is 5.21. The molecule has 128 valence electrons. The molecule has 0 unspecified atom stereocenters. The fourth-order valence-corrected chi connectivity index (χ4v) is 4.19. The summed E-state index contributed by atoms with van der Waals surface area (Å²) in [4.78, 5) is 4.92. The number of nitrogens with zero attached hydrogens (tertiary/aromatic N) is 1. The van der Waals surface area contributed by atoms with E-state index in [-0.39, 0.29) is 0 Å². The molecule has 5 rings (SSSR count). The molecule has 0 radical (unpaired) electrons. The average Bonchev–Trinajstić information content (AvgIpc) is 3.12. The van der Waals surface area contributed by atoms with Gasteiger partial charge in [0.15, 0.2) is 5.90 Å². The fourth-order valence-electron chi connectivity index (χ4n) is 4.19. The Bertz CT molecular complexity index is 1010. The number of aliphatic imine (C=N–C) groups is 1. The third-order valence-electron chi connectivity index (χ3n) is 5.21. The minimum Gasteiger partial charge on any atom is -0.458 e. The van der Waals surface area contributed by atoms with Gasteiger partial charge < -0.3 is 9.47 Å². The van der Waals surface area contributed by atoms with E-state index in [1.165, 1.54) is 5.56 Å². The van der Waals surface area contributed by atoms with Crippen molar-refractivity contribution in [1.82, 2.24) is 0 Å². The molecule has 0 saturated carbocycles. The number of benzene rings is 3. The van der Waals surface area contributed by atoms with Gasteiger partial charge in [-0.2, -0.15) is 0 Å². The van der Waals surface area contributed by atoms with Crippen LogP contribution in [0.25, 0.3) is 0 Å². The smallest absolute Gasteiger partial charge is 0.277 e. The Balaban J connectivity index is 1.88. The molecular weight excluding hydrogens is 322 g/mol. The van der Waals surface area contributed by atoms with Gasteiger partial charge in [0.1, 0.15) is 5.75 Å². The SMILES string of the molecule is CC1=N[C@]2(c3ccccc3)Oc3ccc(C)cc3[C@]2(c2ccccc2)O1. The van der Waals surface area contributed by atoms with E-state index in [2.05, 4.69) is 43.3 Å². The fraction of sp³-hybridized carbons (Fsp3) is 0.174. The van der Waals surface area contributed by atoms with Crippen LogP contribution >= 0.6 is 0 Å². The summed E-state index contributed by atoms with van der Waals surface area (Å²) in [5, 5.41) is 0. The van der Waals surface area contributed by atoms with Gasteiger partial charge in [0.25, 0.3) is 5.72 Å². The highest BCUT2D eigenvalue weighted by Crippen LogP contribution is 2.61. The molecule has 0 fully saturated rings. The third kappa shape index (κ3) is 1.80. The summed E-state index contributed by atoms with van der Waals surface area (Å²) in [6.45, 7) is 3.98. The molecule has 2 atom stereocenters. The highest BCUT2D eigenvalue weighted by Gasteiger charge is 2.68. The van der Waals surface area contributed by atoms with Gasteiger partial charge in [0.05, 0.1) is 0 Å². The van der Waals surface area contributed by atoms with E-state index in [0.717, 1.165) is 22.4 Å². The van der Waals surface area contributed by atoms with Gasteiger partial charge in [-0.1, -0.05) is 72.3 Å². The lowest BCUT2D eigenvalue weighted by Gasteiger charge is -2.36. The van der Waals surface area contributed by atoms with E-state index >= 15 is 0 Å². The van der Waals surface area contributed by atoms with E-state index in [0.29, 0.717) is 5.90 Å². The Morgan fingerprint density at radius 3 is 2.08 bits per heavy atom. The number of fused-ring (bicyclic) bond motifs is 3. The van der Waals surface area contributed by atoms with Crippen molar-refractivity contribution < 1.29 is 9.47 Å². The predicted molar refractivity (Wildman–Crippen MR) is 101 cm³/mol. The Hall–Kier alpha value is -3.07. The van der Waals surface area contributed by atoms with Gasteiger partial charge in [-0.05, 0) is 19.1 Å². The van der Waals surface area contributed by atoms with Crippen molar-refractivity contribution in [3.8, 4) is 5.75 Å². The molecule has 3 aromatic rings. The van der Waals surface area contributed by atoms with Crippen molar-refractivity contribution in [2.24, 2.45) is 4.99 Å². The summed E-state index contributed by atoms with van der Waals surface area (Å²) in [6.07, 6.45) is 0. The van der Waals surface area contributed by atoms with Crippen LogP contribution in [0.1, 0.15) is 29.2 Å². The quantitative estimate of drug-likeness (QED) is 0.661. The van der Waals surface area contributed by atoms with Crippen molar-refractivity contribution in [2.75, 3.05) is 0 Å². The predicted octanol–water partition coefficient (Wildman–Crippen LogP) is 4.93. The summed E-state index contributed by atoms with van der Waals surface area (Å²) in [7, 11) is 0. The normalized spacial score (nSPS) is 25.7. The first kappa shape index (κ1) is 15.2. The molecule has 0 bridgehead atoms. The number of ether oxygens (including phenoxy) is 2. The van der Waals surface area contributed by atoms with Crippen LogP contribution in [-0.2, 0) is 16.1 Å². The van der Waals surface area contributed by atoms with E-state index < -0.39 is 11.3 Å². The molecule has 2 aliphatic heterocycles. The van der Waals surface area contributed by atoms with Gasteiger partial charge in [-0.3, -0.25) is 0 Å². The maximum Gasteiger partial charge on any atom is 0.277 e. The summed E-state index contributed by atoms with van der Waals surface area (Å²) in [5.74, 6) is 1.45. The monoisotopic (exact) mass is 341 g/mol. The zero-order valence-corrected chi connectivity index (χ0v) is 14.8. The maximum absolute atomic E-state index is 6.58. The van der Waals surface area contributed by atoms with Crippen LogP contribution in [0.2, 0.25) is 0 Å². The summed E-state index contributed by atoms with van der Waals surface area (Å²) >= 11 is 0. The van der Waals surface area contributed by atoms with Crippen molar-refractivity contribution in [1.29, 1.82) is 0 Å². The summed E-state index contributed by atoms with van der Waals surface area (Å²) in [5.41, 5.74) is 2.41. The molecule has 0 N–H and O–H groups in total. The molecule has 3 heteroatoms. The van der Waals surface area contributed by atoms with Crippen molar-refractivity contribution in [3.63, 3.8) is 0 Å². The number of hydrogen-bond donors (Lipinski definition) is 0. The third-order valence-corrected chi connectivity index (χ3v) is 5.21. The first-order valence-electron chi connectivity index (χ1n) is 8.82. The molecule has 2 heterocycles. The molecule has 3 aromatic carbocycles. The highest BCUT2D eigenvalue weighted by molar-refractivity contribution is 5.80. The van der Waals surface area contributed by atoms with Crippen LogP contribution in [-0.4, -0.2) is 5.90 Å². The van der Waals surface area contributed by atoms with E-state index in [4.69, 9.17) is 14.5 Å². The molecule has 26 heavy (non-hydrogen) atoms. The maximum atomic E-state index is 6.58. The van der Waals surface area contributed by atoms with Gasteiger partial charge in [0, 0.05) is 23.6 Å². The lowest BCUT2D eigenvalue weighted by atomic mass is 9.76. The first-order valence-corrected chi connectivity index (χ1v) is 8.82. The Labute approximate surface area is 152 Å². The van der Waals surface area contributed by atoms with Gasteiger partial charge >= 0.3 is 0 Å². The second-order valence-corrected chi connectivity index (χ2v) is 6.89. The van der Waals surface area contributed by atoms with Crippen LogP contribution < -0.4 is 4.74 Å². The summed E-state index contributed by atoms with van der Waals surface area (Å²) in [6, 6.07) is 26.6. The molecular formula is C23H19NO2. The molecule has 0 aromatic heterocycles. The van der Waals surface area contributed by atoms with Crippen molar-refractivity contribution >= 4 is 5.90 Å². The summed E-state index contributed by atoms with van der Waals surface area (Å²) < 4.78 is 13.1. The van der Waals surface area contributed by atoms with Crippen LogP contribution in [0.5, 0.6) is 5.75 Å². The number of hydrogen-bond acceptors (Lipinski definition) is 3. The van der Waals surface area contributed by atoms with Crippen LogP contribution in [0.15, 0.2) is 83.9 Å². The molecule has 0 saturated heterocycles. The largest absolute Gasteiger partial charge is 0.458 e. The standard InChI is InChI=1S/C23H19NO2/c1-16-13-14-21-20(15-16)22(18-9-5-3-6-10-18)23(26-21,24-17(2)25-22)19-11-7-4-8-12-19/h3-15H,1-2H3/t22-,23+/m0/s1. The van der Waals surface area contributed by atoms with Gasteiger partial charge in [-0.25, -0.2) is 4.99 Å². The zero-order valence-electron chi connectivity index (χ0n) is 14.8. The minimum absolute atomic E-state index is 0.630. The molecule has 3 nitrogen and oxygen atoms in total. The lowest BCUT2D eigenvalue weighted by molar-refractivity contribution is -0.0489. The van der Waals surface area contributed by atoms with Gasteiger partial charge in [-0.15, -0.1) is 0 Å². The average molecular weight is 341 g/mol. The van der Waals surface area contributed by atoms with E-state index in [1.54, 1.807) is 0 Å². The molecule has 0 amide bonds. The number of aryl methyl sites for hydroxylation is 1. The Morgan fingerprint density at radius 2 is 1.38 bits per heavy atom. The topological polar surface area (TPSA) is 30.8 Å². The highest BCUT2D eigenvalue weighted by atomic mass is 16.6. The minimum atomic E-state index is -0.962. The Morgan fingerprint density at radius 1 is 0.731 bits per heavy atom. The first-order chi connectivity index (χ1) is 12.7. The molecule has 2 aliphatic rings. The molecule has 0 aliphatic carbocycles. The second-order valence-electron chi connectivity index (χ2n) is 6.89. The van der Waals surface area contributed by atoms with Crippen LogP contribution in [0.3, 0.4) is 0 Å². The van der Waals surface area contributed by atoms with E-state index in [9.17, 15) is 0 Å². The van der Waals surface area contributed by atoms with Crippen LogP contribution in [0.4, 0.5) is 0 Å².